The normalized spacial score (nSPS) is 24.0. The number of aliphatic hydroxyl groups excluding tert-OH is 1. The van der Waals surface area contributed by atoms with Gasteiger partial charge in [-0.1, -0.05) is 34.8 Å². The van der Waals surface area contributed by atoms with Gasteiger partial charge in [0.2, 0.25) is 0 Å². The van der Waals surface area contributed by atoms with Crippen molar-refractivity contribution >= 4 is 21.6 Å². The lowest BCUT2D eigenvalue weighted by Crippen LogP contribution is -2.43. The molecule has 2 unspecified atom stereocenters. The predicted octanol–water partition coefficient (Wildman–Crippen LogP) is 2.65. The molecule has 1 saturated carbocycles. The van der Waals surface area contributed by atoms with Crippen LogP contribution in [0, 0.1) is 0 Å². The lowest BCUT2D eigenvalue weighted by molar-refractivity contribution is 0.106. The van der Waals surface area contributed by atoms with Crippen molar-refractivity contribution in [1.82, 2.24) is 0 Å². The van der Waals surface area contributed by atoms with Gasteiger partial charge in [-0.15, -0.1) is 0 Å². The third kappa shape index (κ3) is 2.87. The van der Waals surface area contributed by atoms with E-state index in [0.717, 1.165) is 35.0 Å². The average molecular weight is 313 g/mol. The zero-order chi connectivity index (χ0) is 13.1. The van der Waals surface area contributed by atoms with E-state index in [2.05, 4.69) is 33.9 Å². The summed E-state index contributed by atoms with van der Waals surface area (Å²) in [7, 11) is 2.06. The number of rotatable bonds is 3. The zero-order valence-electron chi connectivity index (χ0n) is 10.8. The second-order valence-electron chi connectivity index (χ2n) is 5.01. The summed E-state index contributed by atoms with van der Waals surface area (Å²) in [5.41, 5.74) is 8.04. The van der Waals surface area contributed by atoms with Crippen molar-refractivity contribution in [2.45, 2.75) is 44.4 Å². The summed E-state index contributed by atoms with van der Waals surface area (Å²) in [4.78, 5) is 2.19. The van der Waals surface area contributed by atoms with Gasteiger partial charge in [0.25, 0.3) is 0 Å². The molecule has 0 bridgehead atoms. The first-order chi connectivity index (χ1) is 8.63. The molecule has 100 valence electrons. The van der Waals surface area contributed by atoms with Crippen molar-refractivity contribution in [3.8, 4) is 0 Å². The van der Waals surface area contributed by atoms with Crippen LogP contribution in [0.5, 0.6) is 0 Å². The van der Waals surface area contributed by atoms with Crippen molar-refractivity contribution in [2.24, 2.45) is 5.73 Å². The Bertz CT molecular complexity index is 411. The van der Waals surface area contributed by atoms with Gasteiger partial charge in [0.15, 0.2) is 0 Å². The van der Waals surface area contributed by atoms with Gasteiger partial charge in [0, 0.05) is 23.8 Å². The number of aliphatic hydroxyl groups is 1. The molecule has 1 fully saturated rings. The van der Waals surface area contributed by atoms with Crippen LogP contribution < -0.4 is 10.6 Å². The first-order valence-corrected chi connectivity index (χ1v) is 7.32. The summed E-state index contributed by atoms with van der Waals surface area (Å²) in [5, 5.41) is 10.1. The second kappa shape index (κ2) is 6.04. The Balaban J connectivity index is 2.26. The van der Waals surface area contributed by atoms with Crippen molar-refractivity contribution in [3.63, 3.8) is 0 Å². The maximum absolute atomic E-state index is 10.1. The molecule has 1 aliphatic carbocycles. The Morgan fingerprint density at radius 3 is 2.78 bits per heavy atom. The van der Waals surface area contributed by atoms with Crippen molar-refractivity contribution < 1.29 is 5.11 Å². The summed E-state index contributed by atoms with van der Waals surface area (Å²) in [6.45, 7) is 0.524. The molecule has 0 aliphatic heterocycles. The van der Waals surface area contributed by atoms with Gasteiger partial charge >= 0.3 is 0 Å². The Morgan fingerprint density at radius 2 is 2.11 bits per heavy atom. The van der Waals surface area contributed by atoms with Crippen LogP contribution in [0.15, 0.2) is 22.7 Å². The highest BCUT2D eigenvalue weighted by Gasteiger charge is 2.27. The molecule has 0 aromatic heterocycles. The third-order valence-electron chi connectivity index (χ3n) is 3.84. The molecular formula is C14H21BrN2O. The highest BCUT2D eigenvalue weighted by Crippen LogP contribution is 2.30. The standard InChI is InChI=1S/C14H21BrN2O/c1-17(12-4-2-3-5-14(12)18)13-8-11(15)7-6-10(13)9-16/h6-8,12,14,18H,2-5,9,16H2,1H3. The van der Waals surface area contributed by atoms with E-state index in [0.29, 0.717) is 6.54 Å². The van der Waals surface area contributed by atoms with E-state index in [-0.39, 0.29) is 12.1 Å². The number of hydrogen-bond donors (Lipinski definition) is 2. The number of nitrogens with zero attached hydrogens (tertiary/aromatic N) is 1. The van der Waals surface area contributed by atoms with Crippen LogP contribution in [0.3, 0.4) is 0 Å². The van der Waals surface area contributed by atoms with Gasteiger partial charge in [-0.25, -0.2) is 0 Å². The predicted molar refractivity (Wildman–Crippen MR) is 78.7 cm³/mol. The van der Waals surface area contributed by atoms with Crippen LogP contribution in [0.1, 0.15) is 31.2 Å². The smallest absolute Gasteiger partial charge is 0.0743 e. The number of nitrogens with two attached hydrogens (primary N) is 1. The molecule has 18 heavy (non-hydrogen) atoms. The Morgan fingerprint density at radius 1 is 1.39 bits per heavy atom. The molecule has 4 heteroatoms. The molecule has 0 amide bonds. The molecule has 1 aromatic carbocycles. The van der Waals surface area contributed by atoms with Gasteiger partial charge in [-0.3, -0.25) is 0 Å². The highest BCUT2D eigenvalue weighted by atomic mass is 79.9. The lowest BCUT2D eigenvalue weighted by Gasteiger charge is -2.37. The monoisotopic (exact) mass is 312 g/mol. The zero-order valence-corrected chi connectivity index (χ0v) is 12.4. The number of halogens is 1. The molecule has 2 atom stereocenters. The number of anilines is 1. The third-order valence-corrected chi connectivity index (χ3v) is 4.33. The van der Waals surface area contributed by atoms with Gasteiger partial charge in [0.05, 0.1) is 12.1 Å². The van der Waals surface area contributed by atoms with E-state index < -0.39 is 0 Å². The van der Waals surface area contributed by atoms with Crippen molar-refractivity contribution in [1.29, 1.82) is 0 Å². The average Bonchev–Trinajstić information content (AvgIpc) is 2.38. The molecule has 1 aromatic rings. The fourth-order valence-corrected chi connectivity index (χ4v) is 3.11. The Kier molecular flexibility index (Phi) is 4.65. The second-order valence-corrected chi connectivity index (χ2v) is 5.92. The molecule has 3 N–H and O–H groups in total. The summed E-state index contributed by atoms with van der Waals surface area (Å²) < 4.78 is 1.05. The van der Waals surface area contributed by atoms with E-state index in [9.17, 15) is 5.11 Å². The number of benzene rings is 1. The molecule has 0 saturated heterocycles. The molecule has 0 spiro atoms. The number of hydrogen-bond acceptors (Lipinski definition) is 3. The lowest BCUT2D eigenvalue weighted by atomic mass is 9.91. The first kappa shape index (κ1) is 13.8. The van der Waals surface area contributed by atoms with Crippen LogP contribution in [0.2, 0.25) is 0 Å². The fourth-order valence-electron chi connectivity index (χ4n) is 2.76. The largest absolute Gasteiger partial charge is 0.391 e. The minimum atomic E-state index is -0.228. The van der Waals surface area contributed by atoms with E-state index in [1.807, 2.05) is 12.1 Å². The summed E-state index contributed by atoms with van der Waals surface area (Å²) in [6, 6.07) is 6.35. The highest BCUT2D eigenvalue weighted by molar-refractivity contribution is 9.10. The van der Waals surface area contributed by atoms with E-state index in [1.165, 1.54) is 6.42 Å². The number of likely N-dealkylation sites (N-methyl/N-ethyl adjacent to an activating group) is 1. The van der Waals surface area contributed by atoms with Gasteiger partial charge in [0.1, 0.15) is 0 Å². The molecule has 0 radical (unpaired) electrons. The van der Waals surface area contributed by atoms with E-state index in [4.69, 9.17) is 5.73 Å². The van der Waals surface area contributed by atoms with Crippen molar-refractivity contribution in [2.75, 3.05) is 11.9 Å². The van der Waals surface area contributed by atoms with Gasteiger partial charge in [-0.05, 0) is 30.5 Å². The SMILES string of the molecule is CN(c1cc(Br)ccc1CN)C1CCCCC1O. The van der Waals surface area contributed by atoms with Crippen LogP contribution >= 0.6 is 15.9 Å². The molecular weight excluding hydrogens is 292 g/mol. The molecule has 3 nitrogen and oxygen atoms in total. The maximum Gasteiger partial charge on any atom is 0.0743 e. The maximum atomic E-state index is 10.1. The summed E-state index contributed by atoms with van der Waals surface area (Å²) in [6.07, 6.45) is 4.05. The topological polar surface area (TPSA) is 49.5 Å². The first-order valence-electron chi connectivity index (χ1n) is 6.53. The quantitative estimate of drug-likeness (QED) is 0.902. The summed E-state index contributed by atoms with van der Waals surface area (Å²) >= 11 is 3.50. The molecule has 2 rings (SSSR count). The van der Waals surface area contributed by atoms with E-state index in [1.54, 1.807) is 0 Å². The van der Waals surface area contributed by atoms with Crippen LogP contribution in [-0.4, -0.2) is 24.3 Å². The molecule has 1 aliphatic rings. The van der Waals surface area contributed by atoms with Crippen LogP contribution in [0.4, 0.5) is 5.69 Å². The van der Waals surface area contributed by atoms with Crippen LogP contribution in [0.25, 0.3) is 0 Å². The fraction of sp³-hybridized carbons (Fsp3) is 0.571. The Hall–Kier alpha value is -0.580. The minimum Gasteiger partial charge on any atom is -0.391 e. The van der Waals surface area contributed by atoms with Gasteiger partial charge in [-0.2, -0.15) is 0 Å². The Labute approximate surface area is 117 Å². The van der Waals surface area contributed by atoms with E-state index >= 15 is 0 Å². The van der Waals surface area contributed by atoms with Crippen LogP contribution in [-0.2, 0) is 6.54 Å². The van der Waals surface area contributed by atoms with Crippen molar-refractivity contribution in [3.05, 3.63) is 28.2 Å². The summed E-state index contributed by atoms with van der Waals surface area (Å²) in [5.74, 6) is 0. The van der Waals surface area contributed by atoms with Gasteiger partial charge < -0.3 is 15.7 Å². The molecule has 0 heterocycles. The minimum absolute atomic E-state index is 0.207.